The number of hydroxylamine groups is 1. The fourth-order valence-electron chi connectivity index (χ4n) is 4.80. The topological polar surface area (TPSA) is 111 Å². The first-order chi connectivity index (χ1) is 15.5. The van der Waals surface area contributed by atoms with E-state index in [1.54, 1.807) is 12.6 Å². The standard InChI is InChI=1S/C23H34N4O5/c1-32-14-9-24-21(28)16-17-7-8-19(20(15-17)22(29)25-31)23(30)27-12-10-26(11-13-27)18-5-3-2-4-6-18/h2-6,17,19-20,31H,7-16H2,1H3,(H,24,28)(H,25,29)/t17?,19-,20-/m0/s1. The predicted octanol–water partition coefficient (Wildman–Crippen LogP) is 1.03. The van der Waals surface area contributed by atoms with Crippen LogP contribution in [0.1, 0.15) is 25.7 Å². The Balaban J connectivity index is 1.56. The van der Waals surface area contributed by atoms with Gasteiger partial charge in [-0.25, -0.2) is 5.48 Å². The molecule has 1 aliphatic heterocycles. The van der Waals surface area contributed by atoms with Crippen molar-refractivity contribution in [3.63, 3.8) is 0 Å². The normalized spacial score (nSPS) is 23.5. The van der Waals surface area contributed by atoms with E-state index in [0.717, 1.165) is 18.8 Å². The highest BCUT2D eigenvalue weighted by Crippen LogP contribution is 2.37. The molecule has 0 bridgehead atoms. The van der Waals surface area contributed by atoms with Crippen molar-refractivity contribution in [2.45, 2.75) is 25.7 Å². The third-order valence-electron chi connectivity index (χ3n) is 6.54. The largest absolute Gasteiger partial charge is 0.383 e. The molecule has 1 saturated heterocycles. The summed E-state index contributed by atoms with van der Waals surface area (Å²) in [4.78, 5) is 41.9. The fraction of sp³-hybridized carbons (Fsp3) is 0.609. The van der Waals surface area contributed by atoms with Gasteiger partial charge in [-0.15, -0.1) is 0 Å². The first-order valence-electron chi connectivity index (χ1n) is 11.3. The summed E-state index contributed by atoms with van der Waals surface area (Å²) in [6.45, 7) is 3.57. The maximum Gasteiger partial charge on any atom is 0.247 e. The molecule has 1 aromatic carbocycles. The quantitative estimate of drug-likeness (QED) is 0.312. The Bertz CT molecular complexity index is 767. The molecule has 3 amide bonds. The molecule has 1 aromatic rings. The van der Waals surface area contributed by atoms with Crippen LogP contribution in [0, 0.1) is 17.8 Å². The summed E-state index contributed by atoms with van der Waals surface area (Å²) in [5, 5.41) is 12.0. The van der Waals surface area contributed by atoms with E-state index >= 15 is 0 Å². The molecule has 3 N–H and O–H groups in total. The average Bonchev–Trinajstić information content (AvgIpc) is 2.84. The van der Waals surface area contributed by atoms with Crippen molar-refractivity contribution in [2.75, 3.05) is 51.3 Å². The van der Waals surface area contributed by atoms with E-state index in [1.807, 2.05) is 23.1 Å². The third kappa shape index (κ3) is 6.20. The lowest BCUT2D eigenvalue weighted by atomic mass is 9.72. The number of ether oxygens (including phenoxy) is 1. The number of carbonyl (C=O) groups excluding carboxylic acids is 3. The van der Waals surface area contributed by atoms with Gasteiger partial charge in [0.25, 0.3) is 0 Å². The van der Waals surface area contributed by atoms with Crippen molar-refractivity contribution in [3.8, 4) is 0 Å². The molecule has 0 radical (unpaired) electrons. The fourth-order valence-corrected chi connectivity index (χ4v) is 4.80. The van der Waals surface area contributed by atoms with Crippen molar-refractivity contribution in [1.82, 2.24) is 15.7 Å². The van der Waals surface area contributed by atoms with E-state index in [0.29, 0.717) is 51.9 Å². The van der Waals surface area contributed by atoms with Crippen LogP contribution < -0.4 is 15.7 Å². The Kier molecular flexibility index (Phi) is 8.87. The molecule has 0 aromatic heterocycles. The van der Waals surface area contributed by atoms with Crippen LogP contribution >= 0.6 is 0 Å². The minimum Gasteiger partial charge on any atom is -0.383 e. The van der Waals surface area contributed by atoms with E-state index < -0.39 is 17.7 Å². The minimum atomic E-state index is -0.634. The zero-order valence-electron chi connectivity index (χ0n) is 18.7. The number of anilines is 1. The van der Waals surface area contributed by atoms with Crippen LogP contribution in [-0.4, -0.2) is 74.3 Å². The Labute approximate surface area is 189 Å². The summed E-state index contributed by atoms with van der Waals surface area (Å²) in [6, 6.07) is 10.1. The molecule has 3 atom stereocenters. The summed E-state index contributed by atoms with van der Waals surface area (Å²) in [6.07, 6.45) is 1.94. The molecule has 1 saturated carbocycles. The highest BCUT2D eigenvalue weighted by molar-refractivity contribution is 5.87. The van der Waals surface area contributed by atoms with Gasteiger partial charge in [-0.05, 0) is 37.3 Å². The molecule has 9 nitrogen and oxygen atoms in total. The zero-order valence-corrected chi connectivity index (χ0v) is 18.7. The molecular formula is C23H34N4O5. The number of nitrogens with one attached hydrogen (secondary N) is 2. The van der Waals surface area contributed by atoms with E-state index in [1.165, 1.54) is 0 Å². The molecule has 3 rings (SSSR count). The average molecular weight is 447 g/mol. The van der Waals surface area contributed by atoms with E-state index in [2.05, 4.69) is 22.3 Å². The van der Waals surface area contributed by atoms with Gasteiger partial charge >= 0.3 is 0 Å². The van der Waals surface area contributed by atoms with Crippen molar-refractivity contribution >= 4 is 23.4 Å². The Hall–Kier alpha value is -2.65. The lowest BCUT2D eigenvalue weighted by Crippen LogP contribution is -2.53. The Morgan fingerprint density at radius 1 is 1.06 bits per heavy atom. The maximum atomic E-state index is 13.3. The number of piperazine rings is 1. The first-order valence-corrected chi connectivity index (χ1v) is 11.3. The van der Waals surface area contributed by atoms with Crippen LogP contribution in [0.3, 0.4) is 0 Å². The molecule has 2 fully saturated rings. The van der Waals surface area contributed by atoms with Crippen molar-refractivity contribution in [1.29, 1.82) is 0 Å². The summed E-state index contributed by atoms with van der Waals surface area (Å²) in [5.41, 5.74) is 2.87. The number of hydrogen-bond donors (Lipinski definition) is 3. The van der Waals surface area contributed by atoms with Gasteiger partial charge < -0.3 is 19.9 Å². The summed E-state index contributed by atoms with van der Waals surface area (Å²) in [5.74, 6) is -1.77. The lowest BCUT2D eigenvalue weighted by Gasteiger charge is -2.40. The van der Waals surface area contributed by atoms with Crippen molar-refractivity contribution in [2.24, 2.45) is 17.8 Å². The van der Waals surface area contributed by atoms with Gasteiger partial charge in [0.05, 0.1) is 12.5 Å². The van der Waals surface area contributed by atoms with Gasteiger partial charge in [0.15, 0.2) is 0 Å². The first kappa shape index (κ1) is 24.0. The molecule has 32 heavy (non-hydrogen) atoms. The predicted molar refractivity (Wildman–Crippen MR) is 119 cm³/mol. The second kappa shape index (κ2) is 11.8. The van der Waals surface area contributed by atoms with E-state index in [-0.39, 0.29) is 17.7 Å². The van der Waals surface area contributed by atoms with Gasteiger partial charge in [0.2, 0.25) is 17.7 Å². The molecule has 1 unspecified atom stereocenters. The van der Waals surface area contributed by atoms with Crippen LogP contribution in [0.15, 0.2) is 30.3 Å². The number of carbonyl (C=O) groups is 3. The minimum absolute atomic E-state index is 0.00109. The van der Waals surface area contributed by atoms with Crippen LogP contribution in [0.4, 0.5) is 5.69 Å². The van der Waals surface area contributed by atoms with Gasteiger partial charge in [0.1, 0.15) is 0 Å². The third-order valence-corrected chi connectivity index (χ3v) is 6.54. The SMILES string of the molecule is COCCNC(=O)CC1CC[C@H](C(=O)N2CCN(c3ccccc3)CC2)[C@@H](C(=O)NO)C1. The van der Waals surface area contributed by atoms with Crippen molar-refractivity contribution in [3.05, 3.63) is 30.3 Å². The highest BCUT2D eigenvalue weighted by Gasteiger charge is 2.41. The summed E-state index contributed by atoms with van der Waals surface area (Å²) >= 11 is 0. The van der Waals surface area contributed by atoms with Crippen molar-refractivity contribution < 1.29 is 24.3 Å². The van der Waals surface area contributed by atoms with Crippen LogP contribution in [-0.2, 0) is 19.1 Å². The summed E-state index contributed by atoms with van der Waals surface area (Å²) < 4.78 is 4.93. The molecule has 1 heterocycles. The molecular weight excluding hydrogens is 412 g/mol. The second-order valence-electron chi connectivity index (χ2n) is 8.56. The van der Waals surface area contributed by atoms with Gasteiger partial charge in [-0.3, -0.25) is 19.6 Å². The van der Waals surface area contributed by atoms with Gasteiger partial charge in [-0.2, -0.15) is 0 Å². The number of para-hydroxylation sites is 1. The molecule has 9 heteroatoms. The lowest BCUT2D eigenvalue weighted by molar-refractivity contribution is -0.148. The number of methoxy groups -OCH3 is 1. The van der Waals surface area contributed by atoms with E-state index in [4.69, 9.17) is 4.74 Å². The van der Waals surface area contributed by atoms with Crippen LogP contribution in [0.5, 0.6) is 0 Å². The highest BCUT2D eigenvalue weighted by atomic mass is 16.5. The number of nitrogens with zero attached hydrogens (tertiary/aromatic N) is 2. The molecule has 1 aliphatic carbocycles. The number of benzene rings is 1. The van der Waals surface area contributed by atoms with E-state index in [9.17, 15) is 19.6 Å². The Morgan fingerprint density at radius 3 is 2.44 bits per heavy atom. The summed E-state index contributed by atoms with van der Waals surface area (Å²) in [7, 11) is 1.57. The number of hydrogen-bond acceptors (Lipinski definition) is 6. The molecule has 176 valence electrons. The monoisotopic (exact) mass is 446 g/mol. The zero-order chi connectivity index (χ0) is 22.9. The second-order valence-corrected chi connectivity index (χ2v) is 8.56. The van der Waals surface area contributed by atoms with Gasteiger partial charge in [0, 0.05) is 57.9 Å². The molecule has 2 aliphatic rings. The Morgan fingerprint density at radius 2 is 1.78 bits per heavy atom. The van der Waals surface area contributed by atoms with Crippen LogP contribution in [0.2, 0.25) is 0 Å². The van der Waals surface area contributed by atoms with Crippen LogP contribution in [0.25, 0.3) is 0 Å². The smallest absolute Gasteiger partial charge is 0.247 e. The number of rotatable bonds is 8. The molecule has 0 spiro atoms. The number of amides is 3. The van der Waals surface area contributed by atoms with Gasteiger partial charge in [-0.1, -0.05) is 18.2 Å². The maximum absolute atomic E-state index is 13.3.